The molecular formula is C22H33NO8. The van der Waals surface area contributed by atoms with Crippen LogP contribution in [0, 0.1) is 0 Å². The predicted molar refractivity (Wildman–Crippen MR) is 111 cm³/mol. The summed E-state index contributed by atoms with van der Waals surface area (Å²) in [6.45, 7) is 9.59. The van der Waals surface area contributed by atoms with Crippen LogP contribution in [0.4, 0.5) is 0 Å². The van der Waals surface area contributed by atoms with Gasteiger partial charge in [-0.25, -0.2) is 9.59 Å². The molecule has 2 aliphatic rings. The molecule has 174 valence electrons. The quantitative estimate of drug-likeness (QED) is 0.245. The Bertz CT molecular complexity index is 781. The average Bonchev–Trinajstić information content (AvgIpc) is 3.26. The van der Waals surface area contributed by atoms with Gasteiger partial charge in [-0.1, -0.05) is 12.2 Å². The topological polar surface area (TPSA) is 123 Å². The molecule has 0 radical (unpaired) electrons. The first-order valence-electron chi connectivity index (χ1n) is 10.4. The molecule has 0 aliphatic carbocycles. The molecule has 0 spiro atoms. The van der Waals surface area contributed by atoms with Crippen LogP contribution in [0.15, 0.2) is 23.3 Å². The van der Waals surface area contributed by atoms with Crippen molar-refractivity contribution in [3.63, 3.8) is 0 Å². The summed E-state index contributed by atoms with van der Waals surface area (Å²) in [5.41, 5.74) is -3.14. The van der Waals surface area contributed by atoms with Crippen LogP contribution in [0.2, 0.25) is 0 Å². The second kappa shape index (κ2) is 9.50. The number of carbonyl (C=O) groups is 3. The van der Waals surface area contributed by atoms with Crippen molar-refractivity contribution in [3.8, 4) is 0 Å². The van der Waals surface area contributed by atoms with Gasteiger partial charge < -0.3 is 24.4 Å². The lowest BCUT2D eigenvalue weighted by molar-refractivity contribution is -0.219. The summed E-state index contributed by atoms with van der Waals surface area (Å²) < 4.78 is 16.0. The second-order valence-corrected chi connectivity index (χ2v) is 8.58. The van der Waals surface area contributed by atoms with Crippen molar-refractivity contribution in [1.82, 2.24) is 4.90 Å². The fourth-order valence-corrected chi connectivity index (χ4v) is 3.98. The number of fused-ring (bicyclic) bond motifs is 1. The number of aliphatic hydroxyl groups is 2. The zero-order valence-electron chi connectivity index (χ0n) is 19.0. The number of esters is 3. The molecule has 1 saturated heterocycles. The summed E-state index contributed by atoms with van der Waals surface area (Å²) in [6, 6.07) is -0.220. The molecule has 0 aromatic carbocycles. The lowest BCUT2D eigenvalue weighted by Crippen LogP contribution is -2.64. The predicted octanol–water partition coefficient (Wildman–Crippen LogP) is 0.876. The van der Waals surface area contributed by atoms with E-state index in [9.17, 15) is 24.6 Å². The highest BCUT2D eigenvalue weighted by molar-refractivity contribution is 5.87. The van der Waals surface area contributed by atoms with E-state index in [1.54, 1.807) is 19.9 Å². The molecule has 31 heavy (non-hydrogen) atoms. The van der Waals surface area contributed by atoms with Gasteiger partial charge in [-0.3, -0.25) is 9.69 Å². The maximum Gasteiger partial charge on any atom is 0.345 e. The van der Waals surface area contributed by atoms with Gasteiger partial charge in [0.2, 0.25) is 5.60 Å². The smallest absolute Gasteiger partial charge is 0.345 e. The van der Waals surface area contributed by atoms with E-state index in [4.69, 9.17) is 14.2 Å². The van der Waals surface area contributed by atoms with Crippen molar-refractivity contribution in [2.24, 2.45) is 0 Å². The summed E-state index contributed by atoms with van der Waals surface area (Å²) in [5.74, 6) is -2.20. The Kier molecular flexibility index (Phi) is 7.67. The molecule has 2 rings (SSSR count). The van der Waals surface area contributed by atoms with E-state index < -0.39 is 29.2 Å². The fraction of sp³-hybridized carbons (Fsp3) is 0.682. The minimum Gasteiger partial charge on any atom is -0.459 e. The molecule has 9 heteroatoms. The normalized spacial score (nSPS) is 24.6. The molecule has 0 saturated carbocycles. The largest absolute Gasteiger partial charge is 0.459 e. The summed E-state index contributed by atoms with van der Waals surface area (Å²) >= 11 is 0. The van der Waals surface area contributed by atoms with Crippen LogP contribution in [0.25, 0.3) is 0 Å². The number of hydrogen-bond donors (Lipinski definition) is 2. The first-order valence-corrected chi connectivity index (χ1v) is 10.4. The van der Waals surface area contributed by atoms with Crippen molar-refractivity contribution < 1.29 is 38.8 Å². The molecule has 1 fully saturated rings. The summed E-state index contributed by atoms with van der Waals surface area (Å²) in [5, 5.41) is 21.4. The Hall–Kier alpha value is -2.23. The number of allylic oxidation sites excluding steroid dienone is 1. The monoisotopic (exact) mass is 439 g/mol. The fourth-order valence-electron chi connectivity index (χ4n) is 3.98. The van der Waals surface area contributed by atoms with Crippen molar-refractivity contribution in [2.75, 3.05) is 19.7 Å². The van der Waals surface area contributed by atoms with Crippen LogP contribution >= 0.6 is 0 Å². The van der Waals surface area contributed by atoms with Gasteiger partial charge in [0.05, 0.1) is 6.04 Å². The molecule has 9 nitrogen and oxygen atoms in total. The van der Waals surface area contributed by atoms with E-state index in [0.29, 0.717) is 18.5 Å². The molecule has 2 N–H and O–H groups in total. The van der Waals surface area contributed by atoms with E-state index in [-0.39, 0.29) is 24.7 Å². The van der Waals surface area contributed by atoms with E-state index >= 15 is 0 Å². The van der Waals surface area contributed by atoms with Gasteiger partial charge in [0.25, 0.3) is 0 Å². The minimum atomic E-state index is -2.47. The Morgan fingerprint density at radius 3 is 2.48 bits per heavy atom. The van der Waals surface area contributed by atoms with Gasteiger partial charge in [0, 0.05) is 25.6 Å². The molecule has 2 aliphatic heterocycles. The average molecular weight is 440 g/mol. The van der Waals surface area contributed by atoms with Crippen LogP contribution in [0.5, 0.6) is 0 Å². The third-order valence-corrected chi connectivity index (χ3v) is 5.97. The van der Waals surface area contributed by atoms with E-state index in [0.717, 1.165) is 19.0 Å². The Morgan fingerprint density at radius 1 is 1.29 bits per heavy atom. The summed E-state index contributed by atoms with van der Waals surface area (Å²) in [4.78, 5) is 38.4. The summed E-state index contributed by atoms with van der Waals surface area (Å²) in [6.07, 6.45) is 2.54. The molecule has 0 aromatic heterocycles. The number of carbonyl (C=O) groups excluding carboxylic acids is 3. The van der Waals surface area contributed by atoms with Gasteiger partial charge in [0.1, 0.15) is 24.4 Å². The van der Waals surface area contributed by atoms with Gasteiger partial charge in [-0.05, 0) is 46.6 Å². The van der Waals surface area contributed by atoms with Crippen LogP contribution in [0.3, 0.4) is 0 Å². The van der Waals surface area contributed by atoms with E-state index in [1.165, 1.54) is 20.8 Å². The summed E-state index contributed by atoms with van der Waals surface area (Å²) in [7, 11) is 0. The zero-order valence-corrected chi connectivity index (χ0v) is 19.0. The first-order chi connectivity index (χ1) is 14.3. The van der Waals surface area contributed by atoms with Crippen LogP contribution in [-0.2, 0) is 28.6 Å². The van der Waals surface area contributed by atoms with Crippen molar-refractivity contribution in [2.45, 2.75) is 77.4 Å². The molecule has 4 atom stereocenters. The van der Waals surface area contributed by atoms with Gasteiger partial charge in [-0.15, -0.1) is 0 Å². The number of hydrogen-bond acceptors (Lipinski definition) is 9. The Morgan fingerprint density at radius 2 is 1.94 bits per heavy atom. The number of nitrogens with zero attached hydrogens (tertiary/aromatic N) is 1. The molecule has 0 aromatic rings. The van der Waals surface area contributed by atoms with Crippen LogP contribution in [-0.4, -0.2) is 82.2 Å². The first kappa shape index (κ1) is 25.0. The molecular weight excluding hydrogens is 406 g/mol. The van der Waals surface area contributed by atoms with Crippen molar-refractivity contribution >= 4 is 17.9 Å². The second-order valence-electron chi connectivity index (χ2n) is 8.58. The van der Waals surface area contributed by atoms with Crippen molar-refractivity contribution in [1.29, 1.82) is 0 Å². The molecule has 2 heterocycles. The van der Waals surface area contributed by atoms with Gasteiger partial charge in [-0.2, -0.15) is 0 Å². The van der Waals surface area contributed by atoms with Gasteiger partial charge in [0.15, 0.2) is 0 Å². The highest BCUT2D eigenvalue weighted by Gasteiger charge is 2.56. The lowest BCUT2D eigenvalue weighted by atomic mass is 9.81. The SMILES string of the molecule is C/C=C(\C)C(=O)O[C@@H]1CCN2CC=C(COC(=O)[C@@](O)([C@H](C)OC(C)=O)C(C)(C)O)[C@H]12. The van der Waals surface area contributed by atoms with E-state index in [2.05, 4.69) is 4.90 Å². The standard InChI is InChI=1S/C22H33NO8/c1-7-13(2)19(25)31-17-9-11-23-10-8-16(18(17)23)12-29-20(26)22(28,21(5,6)27)14(3)30-15(4)24/h7-8,14,17-18,27-28H,9-12H2,1-6H3/b13-7+/t14-,17+,18+,22-/m0/s1. The highest BCUT2D eigenvalue weighted by atomic mass is 16.6. The highest BCUT2D eigenvalue weighted by Crippen LogP contribution is 2.33. The molecule has 0 amide bonds. The molecule has 0 unspecified atom stereocenters. The number of ether oxygens (including phenoxy) is 3. The van der Waals surface area contributed by atoms with Crippen molar-refractivity contribution in [3.05, 3.63) is 23.3 Å². The third kappa shape index (κ3) is 5.16. The van der Waals surface area contributed by atoms with Crippen LogP contribution in [0.1, 0.15) is 48.0 Å². The number of rotatable bonds is 8. The zero-order chi connectivity index (χ0) is 23.6. The third-order valence-electron chi connectivity index (χ3n) is 5.97. The molecule has 0 bridgehead atoms. The maximum atomic E-state index is 12.8. The minimum absolute atomic E-state index is 0.151. The Labute approximate surface area is 182 Å². The van der Waals surface area contributed by atoms with E-state index in [1.807, 2.05) is 6.08 Å². The Balaban J connectivity index is 2.10. The van der Waals surface area contributed by atoms with Crippen LogP contribution < -0.4 is 0 Å². The lowest BCUT2D eigenvalue weighted by Gasteiger charge is -2.39. The maximum absolute atomic E-state index is 12.8. The van der Waals surface area contributed by atoms with Gasteiger partial charge >= 0.3 is 17.9 Å².